The van der Waals surface area contributed by atoms with Gasteiger partial charge in [-0.05, 0) is 19.3 Å². The molecule has 1 aliphatic heterocycles. The van der Waals surface area contributed by atoms with Gasteiger partial charge < -0.3 is 18.9 Å². The van der Waals surface area contributed by atoms with E-state index in [0.717, 1.165) is 25.7 Å². The molecule has 0 aromatic heterocycles. The molecule has 0 aromatic carbocycles. The second kappa shape index (κ2) is 12.4. The van der Waals surface area contributed by atoms with E-state index in [4.69, 9.17) is 18.9 Å². The van der Waals surface area contributed by atoms with E-state index in [1.807, 2.05) is 13.8 Å². The van der Waals surface area contributed by atoms with Crippen molar-refractivity contribution in [1.29, 1.82) is 0 Å². The van der Waals surface area contributed by atoms with E-state index in [9.17, 15) is 9.59 Å². The van der Waals surface area contributed by atoms with Gasteiger partial charge in [0.15, 0.2) is 0 Å². The Labute approximate surface area is 143 Å². The average Bonchev–Trinajstić information content (AvgIpc) is 2.60. The van der Waals surface area contributed by atoms with Gasteiger partial charge >= 0.3 is 11.9 Å². The molecule has 1 atom stereocenters. The summed E-state index contributed by atoms with van der Waals surface area (Å²) in [6, 6.07) is 0. The summed E-state index contributed by atoms with van der Waals surface area (Å²) in [6.07, 6.45) is 8.71. The lowest BCUT2D eigenvalue weighted by Gasteiger charge is -2.19. The van der Waals surface area contributed by atoms with Crippen molar-refractivity contribution >= 4 is 11.9 Å². The number of ether oxygens (including phenoxy) is 4. The third kappa shape index (κ3) is 8.60. The number of hydrogen-bond donors (Lipinski definition) is 0. The maximum Gasteiger partial charge on any atom is 0.306 e. The van der Waals surface area contributed by atoms with E-state index < -0.39 is 0 Å². The normalized spacial score (nSPS) is 14.2. The fourth-order valence-corrected chi connectivity index (χ4v) is 2.09. The monoisotopic (exact) mass is 340 g/mol. The Kier molecular flexibility index (Phi) is 10.4. The van der Waals surface area contributed by atoms with Crippen LogP contribution in [0.15, 0.2) is 24.5 Å². The molecular weight excluding hydrogens is 312 g/mol. The fourth-order valence-electron chi connectivity index (χ4n) is 2.09. The molecule has 0 radical (unpaired) electrons. The van der Waals surface area contributed by atoms with Gasteiger partial charge in [0.25, 0.3) is 0 Å². The summed E-state index contributed by atoms with van der Waals surface area (Å²) in [6.45, 7) is 4.92. The molecule has 0 bridgehead atoms. The number of esters is 2. The van der Waals surface area contributed by atoms with Crippen molar-refractivity contribution in [2.45, 2.75) is 58.8 Å². The Balaban J connectivity index is 2.47. The van der Waals surface area contributed by atoms with E-state index in [1.54, 1.807) is 0 Å². The summed E-state index contributed by atoms with van der Waals surface area (Å²) in [4.78, 5) is 23.7. The van der Waals surface area contributed by atoms with Crippen molar-refractivity contribution in [3.05, 3.63) is 24.5 Å². The molecule has 0 spiro atoms. The summed E-state index contributed by atoms with van der Waals surface area (Å²) in [5.74, 6) is -0.318. The topological polar surface area (TPSA) is 71.1 Å². The number of carbonyl (C=O) groups is 2. The molecule has 0 saturated carbocycles. The summed E-state index contributed by atoms with van der Waals surface area (Å²) < 4.78 is 20.8. The lowest BCUT2D eigenvalue weighted by Crippen LogP contribution is -2.18. The van der Waals surface area contributed by atoms with Crippen molar-refractivity contribution in [3.8, 4) is 0 Å². The van der Waals surface area contributed by atoms with Gasteiger partial charge in [-0.3, -0.25) is 9.59 Å². The molecule has 1 unspecified atom stereocenters. The van der Waals surface area contributed by atoms with Gasteiger partial charge in [0, 0.05) is 12.3 Å². The zero-order chi connectivity index (χ0) is 17.6. The first-order valence-electron chi connectivity index (χ1n) is 8.65. The molecule has 1 rings (SSSR count). The number of carbonyl (C=O) groups excluding carboxylic acids is 2. The molecular formula is C18H28O6. The molecule has 6 heteroatoms. The van der Waals surface area contributed by atoms with Crippen LogP contribution in [-0.4, -0.2) is 25.2 Å². The second-order valence-corrected chi connectivity index (χ2v) is 5.63. The number of hydrogen-bond acceptors (Lipinski definition) is 6. The van der Waals surface area contributed by atoms with E-state index in [2.05, 4.69) is 0 Å². The Morgan fingerprint density at radius 2 is 1.71 bits per heavy atom. The number of unbranched alkanes of at least 4 members (excludes halogenated alkanes) is 2. The standard InChI is InChI=1S/C18H28O6/c1-3-5-9-23-17(19)8-7-15(16-14-21-11-12-22-16)13-18(20)24-10-6-4-2/h11-12,14-15H,3-10,13H2,1-2H3. The summed E-state index contributed by atoms with van der Waals surface area (Å²) in [5, 5.41) is 0. The van der Waals surface area contributed by atoms with Crippen molar-refractivity contribution in [2.75, 3.05) is 13.2 Å². The van der Waals surface area contributed by atoms with Crippen molar-refractivity contribution < 1.29 is 28.5 Å². The molecule has 0 fully saturated rings. The van der Waals surface area contributed by atoms with E-state index in [0.29, 0.717) is 25.4 Å². The number of rotatable bonds is 12. The molecule has 0 N–H and O–H groups in total. The number of allylic oxidation sites excluding steroid dienone is 1. The van der Waals surface area contributed by atoms with Crippen LogP contribution >= 0.6 is 0 Å². The molecule has 0 aliphatic carbocycles. The third-order valence-electron chi connectivity index (χ3n) is 3.56. The maximum atomic E-state index is 11.9. The minimum absolute atomic E-state index is 0.148. The molecule has 24 heavy (non-hydrogen) atoms. The Hall–Kier alpha value is -1.98. The van der Waals surface area contributed by atoms with Gasteiger partial charge in [-0.25, -0.2) is 0 Å². The molecule has 1 heterocycles. The molecule has 136 valence electrons. The SMILES string of the molecule is CCCCOC(=O)CCC(CC(=O)OCCCC)C1=COC=CO1. The first-order valence-corrected chi connectivity index (χ1v) is 8.65. The van der Waals surface area contributed by atoms with Crippen LogP contribution in [-0.2, 0) is 28.5 Å². The van der Waals surface area contributed by atoms with Gasteiger partial charge in [-0.1, -0.05) is 26.7 Å². The summed E-state index contributed by atoms with van der Waals surface area (Å²) >= 11 is 0. The first-order chi connectivity index (χ1) is 11.7. The highest BCUT2D eigenvalue weighted by atomic mass is 16.5. The van der Waals surface area contributed by atoms with Gasteiger partial charge in [0.2, 0.25) is 0 Å². The fraction of sp³-hybridized carbons (Fsp3) is 0.667. The minimum Gasteiger partial charge on any atom is -0.466 e. The quantitative estimate of drug-likeness (QED) is 0.397. The van der Waals surface area contributed by atoms with Crippen LogP contribution in [0.25, 0.3) is 0 Å². The van der Waals surface area contributed by atoms with Crippen LogP contribution in [0, 0.1) is 5.92 Å². The smallest absolute Gasteiger partial charge is 0.306 e. The highest BCUT2D eigenvalue weighted by Crippen LogP contribution is 2.25. The third-order valence-corrected chi connectivity index (χ3v) is 3.56. The van der Waals surface area contributed by atoms with Crippen molar-refractivity contribution in [3.63, 3.8) is 0 Å². The Bertz CT molecular complexity index is 441. The Morgan fingerprint density at radius 1 is 1.04 bits per heavy atom. The van der Waals surface area contributed by atoms with Crippen LogP contribution in [0.2, 0.25) is 0 Å². The first kappa shape index (κ1) is 20.1. The van der Waals surface area contributed by atoms with Crippen molar-refractivity contribution in [2.24, 2.45) is 5.92 Å². The highest BCUT2D eigenvalue weighted by Gasteiger charge is 2.23. The molecule has 1 aliphatic rings. The maximum absolute atomic E-state index is 11.9. The molecule has 0 amide bonds. The minimum atomic E-state index is -0.299. The van der Waals surface area contributed by atoms with Gasteiger partial charge in [-0.2, -0.15) is 0 Å². The largest absolute Gasteiger partial charge is 0.466 e. The summed E-state index contributed by atoms with van der Waals surface area (Å²) in [7, 11) is 0. The zero-order valence-corrected chi connectivity index (χ0v) is 14.6. The predicted octanol–water partition coefficient (Wildman–Crippen LogP) is 3.82. The zero-order valence-electron chi connectivity index (χ0n) is 14.6. The van der Waals surface area contributed by atoms with Gasteiger partial charge in [-0.15, -0.1) is 0 Å². The molecule has 0 saturated heterocycles. The highest BCUT2D eigenvalue weighted by molar-refractivity contribution is 5.71. The van der Waals surface area contributed by atoms with E-state index >= 15 is 0 Å². The lowest BCUT2D eigenvalue weighted by atomic mass is 9.97. The van der Waals surface area contributed by atoms with Gasteiger partial charge in [0.05, 0.1) is 19.6 Å². The van der Waals surface area contributed by atoms with Gasteiger partial charge in [0.1, 0.15) is 24.5 Å². The van der Waals surface area contributed by atoms with Crippen molar-refractivity contribution in [1.82, 2.24) is 0 Å². The predicted molar refractivity (Wildman–Crippen MR) is 88.5 cm³/mol. The van der Waals surface area contributed by atoms with Crippen LogP contribution in [0.3, 0.4) is 0 Å². The molecule has 6 nitrogen and oxygen atoms in total. The summed E-state index contributed by atoms with van der Waals surface area (Å²) in [5.41, 5.74) is 0. The van der Waals surface area contributed by atoms with E-state index in [-0.39, 0.29) is 30.7 Å². The second-order valence-electron chi connectivity index (χ2n) is 5.63. The van der Waals surface area contributed by atoms with Crippen LogP contribution in [0.4, 0.5) is 0 Å². The van der Waals surface area contributed by atoms with Crippen LogP contribution in [0.5, 0.6) is 0 Å². The van der Waals surface area contributed by atoms with E-state index in [1.165, 1.54) is 18.8 Å². The Morgan fingerprint density at radius 3 is 2.29 bits per heavy atom. The van der Waals surface area contributed by atoms with Crippen LogP contribution < -0.4 is 0 Å². The average molecular weight is 340 g/mol. The molecule has 0 aromatic rings. The van der Waals surface area contributed by atoms with Crippen LogP contribution in [0.1, 0.15) is 58.8 Å². The lowest BCUT2D eigenvalue weighted by molar-refractivity contribution is -0.147.